The second-order valence-electron chi connectivity index (χ2n) is 7.20. The zero-order valence-corrected chi connectivity index (χ0v) is 16.6. The first-order valence-corrected chi connectivity index (χ1v) is 9.73. The summed E-state index contributed by atoms with van der Waals surface area (Å²) in [4.78, 5) is 38.0. The number of carbonyl (C=O) groups excluding carboxylic acids is 2. The summed E-state index contributed by atoms with van der Waals surface area (Å²) in [6.45, 7) is 3.60. The number of pyridine rings is 1. The van der Waals surface area contributed by atoms with Crippen LogP contribution in [-0.2, 0) is 6.54 Å². The SMILES string of the molecule is Cc1cc(C(=O)Nc2ccc(Cn3ccccc3=O)cc2)ccc1N1CCNC1=O. The molecule has 2 aromatic carbocycles. The number of hydrogen-bond acceptors (Lipinski definition) is 3. The maximum atomic E-state index is 12.6. The average molecular weight is 402 g/mol. The lowest BCUT2D eigenvalue weighted by molar-refractivity contribution is 0.102. The van der Waals surface area contributed by atoms with Gasteiger partial charge in [0.05, 0.1) is 6.54 Å². The zero-order valence-electron chi connectivity index (χ0n) is 16.6. The molecule has 0 aliphatic carbocycles. The van der Waals surface area contributed by atoms with Crippen LogP contribution in [0.1, 0.15) is 21.5 Å². The zero-order chi connectivity index (χ0) is 21.1. The van der Waals surface area contributed by atoms with Crippen molar-refractivity contribution in [2.45, 2.75) is 13.5 Å². The number of aromatic nitrogens is 1. The van der Waals surface area contributed by atoms with Gasteiger partial charge in [-0.1, -0.05) is 18.2 Å². The van der Waals surface area contributed by atoms with E-state index in [9.17, 15) is 14.4 Å². The predicted molar refractivity (Wildman–Crippen MR) is 116 cm³/mol. The van der Waals surface area contributed by atoms with E-state index in [0.29, 0.717) is 30.9 Å². The molecule has 3 aromatic rings. The number of urea groups is 1. The number of anilines is 2. The van der Waals surface area contributed by atoms with E-state index in [0.717, 1.165) is 16.8 Å². The number of nitrogens with zero attached hydrogens (tertiary/aromatic N) is 2. The molecule has 3 amide bonds. The van der Waals surface area contributed by atoms with Crippen LogP contribution in [0.3, 0.4) is 0 Å². The number of rotatable bonds is 5. The van der Waals surface area contributed by atoms with Crippen molar-refractivity contribution in [1.29, 1.82) is 0 Å². The van der Waals surface area contributed by atoms with E-state index in [1.54, 1.807) is 39.9 Å². The lowest BCUT2D eigenvalue weighted by Gasteiger charge is -2.17. The van der Waals surface area contributed by atoms with Crippen molar-refractivity contribution in [3.63, 3.8) is 0 Å². The summed E-state index contributed by atoms with van der Waals surface area (Å²) in [7, 11) is 0. The Labute approximate surface area is 174 Å². The van der Waals surface area contributed by atoms with Crippen molar-refractivity contribution < 1.29 is 9.59 Å². The molecule has 4 rings (SSSR count). The van der Waals surface area contributed by atoms with Gasteiger partial charge in [0.2, 0.25) is 0 Å². The van der Waals surface area contributed by atoms with E-state index in [-0.39, 0.29) is 17.5 Å². The van der Waals surface area contributed by atoms with Crippen LogP contribution in [0.25, 0.3) is 0 Å². The van der Waals surface area contributed by atoms with Crippen molar-refractivity contribution in [2.24, 2.45) is 0 Å². The van der Waals surface area contributed by atoms with Crippen LogP contribution < -0.4 is 21.1 Å². The Kier molecular flexibility index (Phi) is 5.34. The summed E-state index contributed by atoms with van der Waals surface area (Å²) in [5.74, 6) is -0.220. The minimum absolute atomic E-state index is 0.0555. The number of nitrogens with one attached hydrogen (secondary N) is 2. The molecule has 1 aromatic heterocycles. The fourth-order valence-electron chi connectivity index (χ4n) is 3.49. The van der Waals surface area contributed by atoms with E-state index >= 15 is 0 Å². The molecule has 30 heavy (non-hydrogen) atoms. The van der Waals surface area contributed by atoms with Gasteiger partial charge in [0.1, 0.15) is 0 Å². The van der Waals surface area contributed by atoms with Gasteiger partial charge < -0.3 is 15.2 Å². The third-order valence-electron chi connectivity index (χ3n) is 5.07. The molecule has 7 nitrogen and oxygen atoms in total. The van der Waals surface area contributed by atoms with Crippen molar-refractivity contribution in [1.82, 2.24) is 9.88 Å². The third-order valence-corrected chi connectivity index (χ3v) is 5.07. The normalized spacial score (nSPS) is 13.2. The van der Waals surface area contributed by atoms with Crippen LogP contribution in [0, 0.1) is 6.92 Å². The lowest BCUT2D eigenvalue weighted by atomic mass is 10.1. The Morgan fingerprint density at radius 1 is 1.07 bits per heavy atom. The van der Waals surface area contributed by atoms with Crippen molar-refractivity contribution in [3.8, 4) is 0 Å². The maximum Gasteiger partial charge on any atom is 0.322 e. The van der Waals surface area contributed by atoms with Gasteiger partial charge in [-0.2, -0.15) is 0 Å². The summed E-state index contributed by atoms with van der Waals surface area (Å²) in [5, 5.41) is 5.66. The van der Waals surface area contributed by atoms with E-state index in [4.69, 9.17) is 0 Å². The number of aryl methyl sites for hydroxylation is 1. The Balaban J connectivity index is 1.43. The first-order valence-electron chi connectivity index (χ1n) is 9.73. The molecular weight excluding hydrogens is 380 g/mol. The van der Waals surface area contributed by atoms with E-state index in [1.807, 2.05) is 37.3 Å². The highest BCUT2D eigenvalue weighted by molar-refractivity contribution is 6.05. The molecule has 1 aliphatic heterocycles. The fraction of sp³-hybridized carbons (Fsp3) is 0.174. The standard InChI is InChI=1S/C23H22N4O3/c1-16-14-18(7-10-20(16)27-13-11-24-23(27)30)22(29)25-19-8-5-17(6-9-19)15-26-12-3-2-4-21(26)28/h2-10,12,14H,11,13,15H2,1H3,(H,24,30)(H,25,29). The summed E-state index contributed by atoms with van der Waals surface area (Å²) in [6, 6.07) is 17.6. The predicted octanol–water partition coefficient (Wildman–Crippen LogP) is 2.99. The van der Waals surface area contributed by atoms with Crippen molar-refractivity contribution in [3.05, 3.63) is 93.9 Å². The highest BCUT2D eigenvalue weighted by Crippen LogP contribution is 2.23. The van der Waals surface area contributed by atoms with Crippen LogP contribution in [0.2, 0.25) is 0 Å². The molecule has 0 saturated carbocycles. The molecule has 2 N–H and O–H groups in total. The smallest absolute Gasteiger partial charge is 0.322 e. The van der Waals surface area contributed by atoms with Crippen LogP contribution in [0.5, 0.6) is 0 Å². The minimum atomic E-state index is -0.220. The first-order chi connectivity index (χ1) is 14.5. The molecule has 7 heteroatoms. The van der Waals surface area contributed by atoms with Gasteiger partial charge >= 0.3 is 6.03 Å². The van der Waals surface area contributed by atoms with E-state index < -0.39 is 0 Å². The van der Waals surface area contributed by atoms with Gasteiger partial charge in [0, 0.05) is 42.3 Å². The van der Waals surface area contributed by atoms with Crippen molar-refractivity contribution in [2.75, 3.05) is 23.3 Å². The van der Waals surface area contributed by atoms with Gasteiger partial charge in [-0.15, -0.1) is 0 Å². The Morgan fingerprint density at radius 2 is 1.87 bits per heavy atom. The van der Waals surface area contributed by atoms with Crippen LogP contribution in [0.15, 0.2) is 71.7 Å². The molecule has 0 radical (unpaired) electrons. The monoisotopic (exact) mass is 402 g/mol. The van der Waals surface area contributed by atoms with Crippen LogP contribution in [0.4, 0.5) is 16.2 Å². The van der Waals surface area contributed by atoms with Gasteiger partial charge in [-0.05, 0) is 54.4 Å². The first kappa shape index (κ1) is 19.4. The number of benzene rings is 2. The summed E-state index contributed by atoms with van der Waals surface area (Å²) < 4.78 is 1.62. The summed E-state index contributed by atoms with van der Waals surface area (Å²) >= 11 is 0. The van der Waals surface area contributed by atoms with Gasteiger partial charge in [0.15, 0.2) is 0 Å². The highest BCUT2D eigenvalue weighted by Gasteiger charge is 2.23. The molecule has 1 fully saturated rings. The number of carbonyl (C=O) groups is 2. The third kappa shape index (κ3) is 4.10. The number of hydrogen-bond donors (Lipinski definition) is 2. The second-order valence-corrected chi connectivity index (χ2v) is 7.20. The maximum absolute atomic E-state index is 12.6. The molecule has 152 valence electrons. The summed E-state index contributed by atoms with van der Waals surface area (Å²) in [5.41, 5.74) is 3.77. The molecule has 1 saturated heterocycles. The van der Waals surface area contributed by atoms with Gasteiger partial charge in [-0.25, -0.2) is 4.79 Å². The van der Waals surface area contributed by atoms with Crippen molar-refractivity contribution >= 4 is 23.3 Å². The Bertz CT molecular complexity index is 1150. The van der Waals surface area contributed by atoms with Crippen LogP contribution >= 0.6 is 0 Å². The van der Waals surface area contributed by atoms with Gasteiger partial charge in [0.25, 0.3) is 11.5 Å². The van der Waals surface area contributed by atoms with E-state index in [2.05, 4.69) is 10.6 Å². The fourth-order valence-corrected chi connectivity index (χ4v) is 3.49. The van der Waals surface area contributed by atoms with E-state index in [1.165, 1.54) is 6.07 Å². The topological polar surface area (TPSA) is 83.4 Å². The molecule has 0 atom stereocenters. The molecule has 0 spiro atoms. The summed E-state index contributed by atoms with van der Waals surface area (Å²) in [6.07, 6.45) is 1.75. The molecular formula is C23H22N4O3. The lowest BCUT2D eigenvalue weighted by Crippen LogP contribution is -2.28. The second kappa shape index (κ2) is 8.24. The quantitative estimate of drug-likeness (QED) is 0.688. The highest BCUT2D eigenvalue weighted by atomic mass is 16.2. The molecule has 1 aliphatic rings. The Hall–Kier alpha value is -3.87. The van der Waals surface area contributed by atoms with Gasteiger partial charge in [-0.3, -0.25) is 14.5 Å². The molecule has 0 unspecified atom stereocenters. The molecule has 0 bridgehead atoms. The van der Waals surface area contributed by atoms with Crippen LogP contribution in [-0.4, -0.2) is 29.6 Å². The number of amides is 3. The average Bonchev–Trinajstić information content (AvgIpc) is 3.16. The minimum Gasteiger partial charge on any atom is -0.336 e. The molecule has 2 heterocycles. The largest absolute Gasteiger partial charge is 0.336 e. The Morgan fingerprint density at radius 3 is 2.53 bits per heavy atom.